The highest BCUT2D eigenvalue weighted by Crippen LogP contribution is 2.33. The molecular weight excluding hydrogens is 384 g/mol. The number of fused-ring (bicyclic) bond motifs is 1. The van der Waals surface area contributed by atoms with Crippen LogP contribution in [0.1, 0.15) is 24.5 Å². The lowest BCUT2D eigenvalue weighted by Crippen LogP contribution is -2.16. The number of para-hydroxylation sites is 1. The van der Waals surface area contributed by atoms with E-state index in [4.69, 9.17) is 9.47 Å². The second kappa shape index (κ2) is 8.14. The first-order chi connectivity index (χ1) is 14.3. The molecule has 1 aliphatic rings. The van der Waals surface area contributed by atoms with Gasteiger partial charge in [0.1, 0.15) is 11.4 Å². The number of anilines is 2. The number of nitrogens with one attached hydrogen (secondary N) is 1. The smallest absolute Gasteiger partial charge is 0.241 e. The van der Waals surface area contributed by atoms with Gasteiger partial charge in [0.15, 0.2) is 5.13 Å². The van der Waals surface area contributed by atoms with Crippen LogP contribution in [0.2, 0.25) is 0 Å². The summed E-state index contributed by atoms with van der Waals surface area (Å²) in [6.07, 6.45) is 5.28. The molecule has 0 unspecified atom stereocenters. The van der Waals surface area contributed by atoms with Crippen LogP contribution in [0.5, 0.6) is 11.6 Å². The minimum absolute atomic E-state index is 0.326. The second-order valence-electron chi connectivity index (χ2n) is 6.87. The molecule has 3 heterocycles. The van der Waals surface area contributed by atoms with Crippen LogP contribution in [0.4, 0.5) is 10.8 Å². The summed E-state index contributed by atoms with van der Waals surface area (Å²) in [6, 6.07) is 15.9. The fourth-order valence-corrected chi connectivity index (χ4v) is 4.32. The van der Waals surface area contributed by atoms with Gasteiger partial charge in [0.25, 0.3) is 0 Å². The molecule has 0 saturated carbocycles. The number of ether oxygens (including phenoxy) is 2. The maximum atomic E-state index is 6.06. The van der Waals surface area contributed by atoms with Crippen LogP contribution in [0.25, 0.3) is 10.2 Å². The van der Waals surface area contributed by atoms with E-state index in [9.17, 15) is 0 Å². The highest BCUT2D eigenvalue weighted by molar-refractivity contribution is 7.22. The number of hydrogen-bond donors (Lipinski definition) is 1. The van der Waals surface area contributed by atoms with Gasteiger partial charge in [-0.3, -0.25) is 4.98 Å². The zero-order valence-electron chi connectivity index (χ0n) is 15.7. The Morgan fingerprint density at radius 3 is 2.59 bits per heavy atom. The topological polar surface area (TPSA) is 69.2 Å². The molecule has 2 aromatic carbocycles. The van der Waals surface area contributed by atoms with Crippen molar-refractivity contribution >= 4 is 32.4 Å². The van der Waals surface area contributed by atoms with Crippen LogP contribution in [-0.4, -0.2) is 28.2 Å². The van der Waals surface area contributed by atoms with E-state index in [2.05, 4.69) is 26.3 Å². The fraction of sp³-hybridized carbons (Fsp3) is 0.227. The third-order valence-corrected chi connectivity index (χ3v) is 5.87. The van der Waals surface area contributed by atoms with Crippen molar-refractivity contribution in [3.05, 3.63) is 66.6 Å². The van der Waals surface area contributed by atoms with Gasteiger partial charge in [0.05, 0.1) is 10.2 Å². The molecule has 1 fully saturated rings. The molecule has 4 aromatic rings. The van der Waals surface area contributed by atoms with E-state index in [0.717, 1.165) is 53.8 Å². The Balaban J connectivity index is 1.31. The van der Waals surface area contributed by atoms with Crippen molar-refractivity contribution in [1.29, 1.82) is 0 Å². The largest absolute Gasteiger partial charge is 0.437 e. The Morgan fingerprint density at radius 1 is 0.966 bits per heavy atom. The standard InChI is InChI=1S/C22H20N4O2S/c1-2-4-19-18(3-1)26-22(29-19)25-16-5-7-17(8-6-16)28-21-20(23-11-12-24-21)15-9-13-27-14-10-15/h1-8,11-12,15H,9-10,13-14H2,(H,25,26). The summed E-state index contributed by atoms with van der Waals surface area (Å²) >= 11 is 1.63. The third kappa shape index (κ3) is 4.06. The fourth-order valence-electron chi connectivity index (χ4n) is 3.43. The van der Waals surface area contributed by atoms with Crippen molar-refractivity contribution in [3.63, 3.8) is 0 Å². The molecule has 1 aliphatic heterocycles. The lowest BCUT2D eigenvalue weighted by molar-refractivity contribution is 0.0839. The SMILES string of the molecule is c1ccc2sc(Nc3ccc(Oc4nccnc4C4CCOCC4)cc3)nc2c1. The molecule has 0 amide bonds. The van der Waals surface area contributed by atoms with Gasteiger partial charge >= 0.3 is 0 Å². The van der Waals surface area contributed by atoms with Crippen LogP contribution >= 0.6 is 11.3 Å². The van der Waals surface area contributed by atoms with Crippen molar-refractivity contribution < 1.29 is 9.47 Å². The molecule has 0 radical (unpaired) electrons. The number of benzene rings is 2. The molecular formula is C22H20N4O2S. The molecule has 7 heteroatoms. The summed E-state index contributed by atoms with van der Waals surface area (Å²) in [7, 11) is 0. The highest BCUT2D eigenvalue weighted by atomic mass is 32.1. The molecule has 0 bridgehead atoms. The Hall–Kier alpha value is -3.03. The molecule has 1 saturated heterocycles. The minimum Gasteiger partial charge on any atom is -0.437 e. The predicted molar refractivity (Wildman–Crippen MR) is 114 cm³/mol. The van der Waals surface area contributed by atoms with Gasteiger partial charge in [-0.2, -0.15) is 0 Å². The van der Waals surface area contributed by atoms with Crippen molar-refractivity contribution in [3.8, 4) is 11.6 Å². The molecule has 0 spiro atoms. The molecule has 0 atom stereocenters. The summed E-state index contributed by atoms with van der Waals surface area (Å²) < 4.78 is 12.7. The summed E-state index contributed by atoms with van der Waals surface area (Å²) in [5.74, 6) is 1.63. The predicted octanol–water partition coefficient (Wildman–Crippen LogP) is 5.52. The van der Waals surface area contributed by atoms with E-state index < -0.39 is 0 Å². The molecule has 5 rings (SSSR count). The number of rotatable bonds is 5. The Bertz CT molecular complexity index is 1070. The summed E-state index contributed by atoms with van der Waals surface area (Å²) in [5.41, 5.74) is 2.87. The first-order valence-corrected chi connectivity index (χ1v) is 10.5. The van der Waals surface area contributed by atoms with Crippen LogP contribution in [0, 0.1) is 0 Å². The van der Waals surface area contributed by atoms with Crippen LogP contribution in [0.3, 0.4) is 0 Å². The molecule has 6 nitrogen and oxygen atoms in total. The third-order valence-electron chi connectivity index (χ3n) is 4.91. The van der Waals surface area contributed by atoms with Crippen LogP contribution in [0.15, 0.2) is 60.9 Å². The summed E-state index contributed by atoms with van der Waals surface area (Å²) in [6.45, 7) is 1.51. The van der Waals surface area contributed by atoms with E-state index in [1.54, 1.807) is 23.7 Å². The monoisotopic (exact) mass is 404 g/mol. The van der Waals surface area contributed by atoms with Gasteiger partial charge < -0.3 is 14.8 Å². The number of hydrogen-bond acceptors (Lipinski definition) is 7. The van der Waals surface area contributed by atoms with Crippen molar-refractivity contribution in [2.45, 2.75) is 18.8 Å². The second-order valence-corrected chi connectivity index (χ2v) is 7.90. The summed E-state index contributed by atoms with van der Waals surface area (Å²) in [5, 5.41) is 4.23. The molecule has 29 heavy (non-hydrogen) atoms. The van der Waals surface area contributed by atoms with Crippen LogP contribution in [-0.2, 0) is 4.74 Å². The van der Waals surface area contributed by atoms with E-state index in [-0.39, 0.29) is 0 Å². The highest BCUT2D eigenvalue weighted by Gasteiger charge is 2.22. The lowest BCUT2D eigenvalue weighted by atomic mass is 9.96. The van der Waals surface area contributed by atoms with E-state index >= 15 is 0 Å². The Morgan fingerprint density at radius 2 is 1.76 bits per heavy atom. The molecule has 2 aromatic heterocycles. The number of nitrogens with zero attached hydrogens (tertiary/aromatic N) is 3. The Labute approximate surface area is 172 Å². The molecule has 0 aliphatic carbocycles. The van der Waals surface area contributed by atoms with Gasteiger partial charge in [-0.05, 0) is 49.2 Å². The van der Waals surface area contributed by atoms with Crippen molar-refractivity contribution in [2.75, 3.05) is 18.5 Å². The van der Waals surface area contributed by atoms with E-state index in [0.29, 0.717) is 11.8 Å². The van der Waals surface area contributed by atoms with E-state index in [1.165, 1.54) is 4.70 Å². The average Bonchev–Trinajstić information content (AvgIpc) is 3.18. The maximum Gasteiger partial charge on any atom is 0.241 e. The van der Waals surface area contributed by atoms with Gasteiger partial charge in [0, 0.05) is 37.2 Å². The molecule has 146 valence electrons. The van der Waals surface area contributed by atoms with Gasteiger partial charge in [0.2, 0.25) is 5.88 Å². The van der Waals surface area contributed by atoms with Crippen molar-refractivity contribution in [1.82, 2.24) is 15.0 Å². The number of thiazole rings is 1. The minimum atomic E-state index is 0.326. The average molecular weight is 404 g/mol. The quantitative estimate of drug-likeness (QED) is 0.473. The summed E-state index contributed by atoms with van der Waals surface area (Å²) in [4.78, 5) is 13.6. The number of aromatic nitrogens is 3. The Kier molecular flexibility index (Phi) is 5.06. The van der Waals surface area contributed by atoms with Gasteiger partial charge in [-0.15, -0.1) is 0 Å². The normalized spacial score (nSPS) is 14.8. The molecule has 1 N–H and O–H groups in total. The maximum absolute atomic E-state index is 6.06. The zero-order chi connectivity index (χ0) is 19.5. The van der Waals surface area contributed by atoms with Crippen molar-refractivity contribution in [2.24, 2.45) is 0 Å². The first-order valence-electron chi connectivity index (χ1n) is 9.64. The zero-order valence-corrected chi connectivity index (χ0v) is 16.6. The first kappa shape index (κ1) is 18.0. The van der Waals surface area contributed by atoms with Gasteiger partial charge in [-0.1, -0.05) is 23.5 Å². The van der Waals surface area contributed by atoms with E-state index in [1.807, 2.05) is 42.5 Å². The lowest BCUT2D eigenvalue weighted by Gasteiger charge is -2.22. The van der Waals surface area contributed by atoms with Gasteiger partial charge in [-0.25, -0.2) is 9.97 Å². The van der Waals surface area contributed by atoms with Crippen LogP contribution < -0.4 is 10.1 Å².